The molecule has 148 valence electrons. The summed E-state index contributed by atoms with van der Waals surface area (Å²) < 4.78 is 38.2. The molecule has 1 fully saturated rings. The molecule has 2 heterocycles. The molecule has 2 aromatic rings. The maximum Gasteiger partial charge on any atom is 0.243 e. The van der Waals surface area contributed by atoms with Gasteiger partial charge in [-0.2, -0.15) is 4.31 Å². The van der Waals surface area contributed by atoms with Crippen molar-refractivity contribution in [2.45, 2.75) is 38.6 Å². The molecule has 0 saturated carbocycles. The fourth-order valence-corrected chi connectivity index (χ4v) is 4.79. The quantitative estimate of drug-likeness (QED) is 0.751. The molecule has 1 aromatic carbocycles. The van der Waals surface area contributed by atoms with Gasteiger partial charge in [0, 0.05) is 31.7 Å². The van der Waals surface area contributed by atoms with E-state index in [9.17, 15) is 8.42 Å². The molecule has 0 atom stereocenters. The molecule has 0 unspecified atom stereocenters. The van der Waals surface area contributed by atoms with E-state index >= 15 is 0 Å². The van der Waals surface area contributed by atoms with Crippen molar-refractivity contribution in [2.75, 3.05) is 32.8 Å². The minimum Gasteiger partial charge on any atom is -0.494 e. The van der Waals surface area contributed by atoms with E-state index in [1.54, 1.807) is 28.6 Å². The van der Waals surface area contributed by atoms with Gasteiger partial charge in [-0.15, -0.1) is 0 Å². The van der Waals surface area contributed by atoms with E-state index in [0.29, 0.717) is 36.9 Å². The highest BCUT2D eigenvalue weighted by Gasteiger charge is 2.27. The first-order chi connectivity index (χ1) is 12.9. The standard InChI is InChI=1S/C19H27N3O4S/c1-4-25-17-6-8-18(9-7-17)27(23,24)22-11-5-10-21(12-13-22)14-19-15(2)20-26-16(19)3/h6-9H,4-5,10-14H2,1-3H3. The molecule has 3 rings (SSSR count). The van der Waals surface area contributed by atoms with E-state index in [0.717, 1.165) is 36.5 Å². The Balaban J connectivity index is 1.67. The van der Waals surface area contributed by atoms with Crippen molar-refractivity contribution in [3.8, 4) is 5.75 Å². The number of nitrogens with zero attached hydrogens (tertiary/aromatic N) is 3. The Labute approximate surface area is 160 Å². The van der Waals surface area contributed by atoms with Crippen LogP contribution in [0.3, 0.4) is 0 Å². The fourth-order valence-electron chi connectivity index (χ4n) is 3.32. The molecule has 0 aliphatic carbocycles. The maximum absolute atomic E-state index is 13.0. The van der Waals surface area contributed by atoms with E-state index in [2.05, 4.69) is 10.1 Å². The molecule has 0 radical (unpaired) electrons. The minimum atomic E-state index is -3.50. The Hall–Kier alpha value is -1.90. The summed E-state index contributed by atoms with van der Waals surface area (Å²) in [7, 11) is -3.50. The van der Waals surface area contributed by atoms with Gasteiger partial charge in [-0.25, -0.2) is 8.42 Å². The minimum absolute atomic E-state index is 0.310. The normalized spacial score (nSPS) is 17.0. The molecule has 0 spiro atoms. The van der Waals surface area contributed by atoms with Crippen molar-refractivity contribution >= 4 is 10.0 Å². The average molecular weight is 394 g/mol. The number of sulfonamides is 1. The van der Waals surface area contributed by atoms with Gasteiger partial charge in [-0.1, -0.05) is 5.16 Å². The monoisotopic (exact) mass is 393 g/mol. The number of benzene rings is 1. The van der Waals surface area contributed by atoms with Gasteiger partial charge in [-0.05, 0) is 58.0 Å². The third-order valence-corrected chi connectivity index (χ3v) is 6.80. The van der Waals surface area contributed by atoms with Crippen LogP contribution in [0.15, 0.2) is 33.7 Å². The molecule has 8 heteroatoms. The Morgan fingerprint density at radius 2 is 1.85 bits per heavy atom. The van der Waals surface area contributed by atoms with Crippen molar-refractivity contribution in [3.05, 3.63) is 41.3 Å². The second-order valence-electron chi connectivity index (χ2n) is 6.74. The molecule has 1 aliphatic rings. The largest absolute Gasteiger partial charge is 0.494 e. The summed E-state index contributed by atoms with van der Waals surface area (Å²) in [6.07, 6.45) is 0.791. The van der Waals surface area contributed by atoms with Gasteiger partial charge in [0.05, 0.1) is 17.2 Å². The smallest absolute Gasteiger partial charge is 0.243 e. The van der Waals surface area contributed by atoms with Gasteiger partial charge in [0.2, 0.25) is 10.0 Å². The van der Waals surface area contributed by atoms with Crippen molar-refractivity contribution in [3.63, 3.8) is 0 Å². The van der Waals surface area contributed by atoms with Crippen molar-refractivity contribution in [1.82, 2.24) is 14.4 Å². The molecule has 27 heavy (non-hydrogen) atoms. The topological polar surface area (TPSA) is 75.9 Å². The third-order valence-electron chi connectivity index (χ3n) is 4.88. The molecule has 7 nitrogen and oxygen atoms in total. The summed E-state index contributed by atoms with van der Waals surface area (Å²) in [5, 5.41) is 4.00. The lowest BCUT2D eigenvalue weighted by Gasteiger charge is -2.21. The van der Waals surface area contributed by atoms with Gasteiger partial charge in [-0.3, -0.25) is 4.90 Å². The Bertz CT molecular complexity index is 842. The zero-order chi connectivity index (χ0) is 19.4. The summed E-state index contributed by atoms with van der Waals surface area (Å²) in [4.78, 5) is 2.57. The van der Waals surface area contributed by atoms with Crippen LogP contribution in [0.25, 0.3) is 0 Å². The molecule has 1 aliphatic heterocycles. The zero-order valence-electron chi connectivity index (χ0n) is 16.1. The van der Waals surface area contributed by atoms with Crippen molar-refractivity contribution in [2.24, 2.45) is 0 Å². The second-order valence-corrected chi connectivity index (χ2v) is 8.68. The van der Waals surface area contributed by atoms with E-state index < -0.39 is 10.0 Å². The summed E-state index contributed by atoms with van der Waals surface area (Å²) in [6.45, 7) is 9.56. The highest BCUT2D eigenvalue weighted by molar-refractivity contribution is 7.89. The lowest BCUT2D eigenvalue weighted by Crippen LogP contribution is -2.35. The van der Waals surface area contributed by atoms with Gasteiger partial charge < -0.3 is 9.26 Å². The number of aromatic nitrogens is 1. The third kappa shape index (κ3) is 4.51. The zero-order valence-corrected chi connectivity index (χ0v) is 17.0. The number of ether oxygens (including phenoxy) is 1. The predicted molar refractivity (Wildman–Crippen MR) is 102 cm³/mol. The van der Waals surface area contributed by atoms with Crippen molar-refractivity contribution in [1.29, 1.82) is 0 Å². The molecular weight excluding hydrogens is 366 g/mol. The predicted octanol–water partition coefficient (Wildman–Crippen LogP) is 2.59. The van der Waals surface area contributed by atoms with E-state index in [1.807, 2.05) is 20.8 Å². The van der Waals surface area contributed by atoms with Gasteiger partial charge in [0.25, 0.3) is 0 Å². The molecule has 0 amide bonds. The van der Waals surface area contributed by atoms with Gasteiger partial charge in [0.1, 0.15) is 11.5 Å². The van der Waals surface area contributed by atoms with Crippen LogP contribution in [0.2, 0.25) is 0 Å². The maximum atomic E-state index is 13.0. The van der Waals surface area contributed by atoms with Crippen LogP contribution < -0.4 is 4.74 Å². The van der Waals surface area contributed by atoms with Crippen LogP contribution >= 0.6 is 0 Å². The first-order valence-electron chi connectivity index (χ1n) is 9.29. The Morgan fingerprint density at radius 1 is 1.11 bits per heavy atom. The first kappa shape index (κ1) is 19.9. The first-order valence-corrected chi connectivity index (χ1v) is 10.7. The number of hydrogen-bond donors (Lipinski definition) is 0. The van der Waals surface area contributed by atoms with Crippen LogP contribution in [0.1, 0.15) is 30.4 Å². The molecule has 0 bridgehead atoms. The SMILES string of the molecule is CCOc1ccc(S(=O)(=O)N2CCCN(Cc3c(C)noc3C)CC2)cc1. The highest BCUT2D eigenvalue weighted by atomic mass is 32.2. The summed E-state index contributed by atoms with van der Waals surface area (Å²) in [5.41, 5.74) is 1.99. The van der Waals surface area contributed by atoms with Crippen LogP contribution in [0, 0.1) is 13.8 Å². The summed E-state index contributed by atoms with van der Waals surface area (Å²) >= 11 is 0. The van der Waals surface area contributed by atoms with Crippen LogP contribution in [-0.4, -0.2) is 55.6 Å². The Kier molecular flexibility index (Phi) is 6.18. The van der Waals surface area contributed by atoms with E-state index in [4.69, 9.17) is 9.26 Å². The van der Waals surface area contributed by atoms with Crippen LogP contribution in [0.4, 0.5) is 0 Å². The molecular formula is C19H27N3O4S. The van der Waals surface area contributed by atoms with E-state index in [-0.39, 0.29) is 0 Å². The van der Waals surface area contributed by atoms with Crippen LogP contribution in [-0.2, 0) is 16.6 Å². The molecule has 1 saturated heterocycles. The molecule has 0 N–H and O–H groups in total. The average Bonchev–Trinajstić information content (AvgIpc) is 2.85. The van der Waals surface area contributed by atoms with Crippen LogP contribution in [0.5, 0.6) is 5.75 Å². The lowest BCUT2D eigenvalue weighted by molar-refractivity contribution is 0.276. The number of aryl methyl sites for hydroxylation is 2. The van der Waals surface area contributed by atoms with E-state index in [1.165, 1.54) is 0 Å². The second kappa shape index (κ2) is 8.41. The van der Waals surface area contributed by atoms with Crippen molar-refractivity contribution < 1.29 is 17.7 Å². The number of hydrogen-bond acceptors (Lipinski definition) is 6. The summed E-state index contributed by atoms with van der Waals surface area (Å²) in [6, 6.07) is 6.65. The summed E-state index contributed by atoms with van der Waals surface area (Å²) in [5.74, 6) is 1.51. The fraction of sp³-hybridized carbons (Fsp3) is 0.526. The number of rotatable bonds is 6. The highest BCUT2D eigenvalue weighted by Crippen LogP contribution is 2.22. The van der Waals surface area contributed by atoms with Gasteiger partial charge in [0.15, 0.2) is 0 Å². The molecule has 1 aromatic heterocycles. The Morgan fingerprint density at radius 3 is 2.48 bits per heavy atom. The van der Waals surface area contributed by atoms with Gasteiger partial charge >= 0.3 is 0 Å². The lowest BCUT2D eigenvalue weighted by atomic mass is 10.2.